The highest BCUT2D eigenvalue weighted by molar-refractivity contribution is 5.74. The van der Waals surface area contributed by atoms with Crippen LogP contribution < -0.4 is 0 Å². The van der Waals surface area contributed by atoms with E-state index in [4.69, 9.17) is 23.7 Å². The summed E-state index contributed by atoms with van der Waals surface area (Å²) in [6.07, 6.45) is 60.8. The lowest BCUT2D eigenvalue weighted by Gasteiger charge is -2.40. The Kier molecular flexibility index (Phi) is 49.5. The SMILES string of the molecule is CC/C=C\C/C=C\C/C=C\C/C=C\C/C=C\CC(=O)OC1C(OCC(COC(=O)CCCCCCCCCCC/C=C\C/C=C\CCCCC)OC(=O)CCCCCCC/C=C\C/C=C\CCCCC)OC(C(=O)O)C(O)C1O. The molecule has 0 bridgehead atoms. The Bertz CT molecular complexity index is 1790. The number of carbonyl (C=O) groups excluding carboxylic acids is 3. The van der Waals surface area contributed by atoms with E-state index in [0.717, 1.165) is 103 Å². The van der Waals surface area contributed by atoms with Crippen LogP contribution in [0, 0.1) is 0 Å². The third-order valence-corrected chi connectivity index (χ3v) is 13.3. The molecule has 6 unspecified atom stereocenters. The molecule has 1 fully saturated rings. The van der Waals surface area contributed by atoms with Crippen LogP contribution in [0.1, 0.15) is 239 Å². The number of aliphatic hydroxyl groups is 2. The molecule has 1 rings (SSSR count). The average Bonchev–Trinajstić information content (AvgIpc) is 3.44. The second-order valence-electron chi connectivity index (χ2n) is 20.6. The van der Waals surface area contributed by atoms with Gasteiger partial charge in [-0.05, 0) is 109 Å². The van der Waals surface area contributed by atoms with Crippen molar-refractivity contribution in [3.63, 3.8) is 0 Å². The van der Waals surface area contributed by atoms with E-state index in [1.165, 1.54) is 77.0 Å². The van der Waals surface area contributed by atoms with Crippen LogP contribution in [0.15, 0.2) is 109 Å². The van der Waals surface area contributed by atoms with Crippen LogP contribution in [-0.4, -0.2) is 89.2 Å². The maximum Gasteiger partial charge on any atom is 0.335 e. The maximum absolute atomic E-state index is 13.2. The van der Waals surface area contributed by atoms with Gasteiger partial charge in [-0.3, -0.25) is 14.4 Å². The van der Waals surface area contributed by atoms with Gasteiger partial charge in [-0.15, -0.1) is 0 Å². The molecule has 1 saturated heterocycles. The fourth-order valence-corrected chi connectivity index (χ4v) is 8.62. The largest absolute Gasteiger partial charge is 0.479 e. The number of unbranched alkanes of at least 4 members (excludes halogenated alkanes) is 20. The number of esters is 3. The monoisotopic (exact) mass is 1100 g/mol. The van der Waals surface area contributed by atoms with Crippen molar-refractivity contribution in [2.75, 3.05) is 13.2 Å². The molecule has 6 atom stereocenters. The third-order valence-electron chi connectivity index (χ3n) is 13.3. The summed E-state index contributed by atoms with van der Waals surface area (Å²) < 4.78 is 28.3. The van der Waals surface area contributed by atoms with Crippen LogP contribution in [0.2, 0.25) is 0 Å². The van der Waals surface area contributed by atoms with Gasteiger partial charge in [0.1, 0.15) is 18.8 Å². The van der Waals surface area contributed by atoms with E-state index in [1.54, 1.807) is 12.2 Å². The lowest BCUT2D eigenvalue weighted by molar-refractivity contribution is -0.301. The summed E-state index contributed by atoms with van der Waals surface area (Å²) in [6.45, 7) is 5.77. The Morgan fingerprint density at radius 3 is 1.28 bits per heavy atom. The molecule has 12 heteroatoms. The summed E-state index contributed by atoms with van der Waals surface area (Å²) in [5.41, 5.74) is 0. The molecule has 0 spiro atoms. The Labute approximate surface area is 478 Å². The molecular weight excluding hydrogens is 997 g/mol. The molecule has 0 amide bonds. The second kappa shape index (κ2) is 54.0. The number of hydrogen-bond donors (Lipinski definition) is 3. The van der Waals surface area contributed by atoms with E-state index in [9.17, 15) is 34.5 Å². The zero-order valence-electron chi connectivity index (χ0n) is 49.3. The summed E-state index contributed by atoms with van der Waals surface area (Å²) in [7, 11) is 0. The number of aliphatic hydroxyl groups excluding tert-OH is 2. The molecule has 448 valence electrons. The van der Waals surface area contributed by atoms with E-state index in [-0.39, 0.29) is 25.9 Å². The van der Waals surface area contributed by atoms with Crippen molar-refractivity contribution in [3.8, 4) is 0 Å². The van der Waals surface area contributed by atoms with E-state index >= 15 is 0 Å². The second-order valence-corrected chi connectivity index (χ2v) is 20.6. The van der Waals surface area contributed by atoms with Gasteiger partial charge >= 0.3 is 23.9 Å². The topological polar surface area (TPSA) is 175 Å². The zero-order chi connectivity index (χ0) is 57.5. The summed E-state index contributed by atoms with van der Waals surface area (Å²) in [5, 5.41) is 31.5. The van der Waals surface area contributed by atoms with Gasteiger partial charge in [0.2, 0.25) is 0 Å². The zero-order valence-corrected chi connectivity index (χ0v) is 49.3. The Balaban J connectivity index is 2.73. The van der Waals surface area contributed by atoms with Crippen molar-refractivity contribution in [1.29, 1.82) is 0 Å². The molecule has 0 saturated carbocycles. The van der Waals surface area contributed by atoms with Crippen molar-refractivity contribution in [2.45, 2.75) is 276 Å². The normalized spacial score (nSPS) is 18.6. The number of aliphatic carboxylic acids is 1. The van der Waals surface area contributed by atoms with Crippen molar-refractivity contribution in [1.82, 2.24) is 0 Å². The van der Waals surface area contributed by atoms with Gasteiger partial charge in [-0.25, -0.2) is 4.79 Å². The molecule has 79 heavy (non-hydrogen) atoms. The van der Waals surface area contributed by atoms with Crippen molar-refractivity contribution in [3.05, 3.63) is 109 Å². The van der Waals surface area contributed by atoms with Gasteiger partial charge in [-0.1, -0.05) is 220 Å². The fourth-order valence-electron chi connectivity index (χ4n) is 8.62. The smallest absolute Gasteiger partial charge is 0.335 e. The van der Waals surface area contributed by atoms with E-state index in [1.807, 2.05) is 12.2 Å². The van der Waals surface area contributed by atoms with E-state index in [0.29, 0.717) is 19.3 Å². The van der Waals surface area contributed by atoms with Crippen LogP contribution in [0.5, 0.6) is 0 Å². The molecular formula is C67H108O12. The quantitative estimate of drug-likeness (QED) is 0.0228. The number of rotatable bonds is 51. The van der Waals surface area contributed by atoms with Crippen LogP contribution in [0.4, 0.5) is 0 Å². The number of carbonyl (C=O) groups is 4. The standard InChI is InChI=1S/C67H108O12/c1-4-7-10-13-16-19-22-25-28-29-30-31-34-35-38-41-44-47-50-53-59(68)75-56-58(77-60(69)54-51-48-45-42-39-36-32-26-23-20-17-14-11-8-5-2)57-76-67-65(63(72)62(71)64(79-67)66(73)74)78-61(70)55-52-49-46-43-40-37-33-27-24-21-18-15-12-9-6-3/h9,12,16-21,25-28,32-33,40,43,49,52,58,62-65,67,71-72H,4-8,10-11,13-15,22-24,29-31,34-39,41-42,44-48,50-51,53-57H2,1-3H3,(H,73,74)/b12-9-,19-16-,20-17-,21-18-,28-25-,32-26-,33-27-,43-40-,52-49-. The molecule has 0 aromatic heterocycles. The number of ether oxygens (including phenoxy) is 5. The summed E-state index contributed by atoms with van der Waals surface area (Å²) in [5.74, 6) is -3.31. The van der Waals surface area contributed by atoms with Gasteiger partial charge in [-0.2, -0.15) is 0 Å². The highest BCUT2D eigenvalue weighted by Gasteiger charge is 2.50. The Hall–Kier alpha value is -4.62. The molecule has 1 heterocycles. The van der Waals surface area contributed by atoms with Gasteiger partial charge in [0.15, 0.2) is 24.6 Å². The van der Waals surface area contributed by atoms with Crippen LogP contribution in [-0.2, 0) is 42.9 Å². The van der Waals surface area contributed by atoms with Gasteiger partial charge < -0.3 is 39.0 Å². The minimum Gasteiger partial charge on any atom is -0.479 e. The summed E-state index contributed by atoms with van der Waals surface area (Å²) >= 11 is 0. The molecule has 0 aliphatic carbocycles. The molecule has 0 aromatic rings. The van der Waals surface area contributed by atoms with E-state index in [2.05, 4.69) is 106 Å². The lowest BCUT2D eigenvalue weighted by atomic mass is 9.98. The number of carboxylic acids is 1. The minimum atomic E-state index is -1.94. The van der Waals surface area contributed by atoms with E-state index < -0.39 is 67.3 Å². The lowest BCUT2D eigenvalue weighted by Crippen LogP contribution is -2.61. The third kappa shape index (κ3) is 43.8. The van der Waals surface area contributed by atoms with Crippen molar-refractivity contribution >= 4 is 23.9 Å². The average molecular weight is 1110 g/mol. The predicted molar refractivity (Wildman–Crippen MR) is 321 cm³/mol. The molecule has 3 N–H and O–H groups in total. The number of hydrogen-bond acceptors (Lipinski definition) is 11. The van der Waals surface area contributed by atoms with Gasteiger partial charge in [0.05, 0.1) is 13.0 Å². The molecule has 0 aromatic carbocycles. The first-order chi connectivity index (χ1) is 38.6. The van der Waals surface area contributed by atoms with Gasteiger partial charge in [0, 0.05) is 12.8 Å². The van der Waals surface area contributed by atoms with Crippen LogP contribution in [0.3, 0.4) is 0 Å². The first-order valence-corrected chi connectivity index (χ1v) is 30.9. The highest BCUT2D eigenvalue weighted by Crippen LogP contribution is 2.26. The first kappa shape index (κ1) is 72.4. The van der Waals surface area contributed by atoms with Crippen LogP contribution in [0.25, 0.3) is 0 Å². The molecule has 12 nitrogen and oxygen atoms in total. The maximum atomic E-state index is 13.2. The number of carboxylic acid groups (broad SMARTS) is 1. The summed E-state index contributed by atoms with van der Waals surface area (Å²) in [4.78, 5) is 51.2. The summed E-state index contributed by atoms with van der Waals surface area (Å²) in [6, 6.07) is 0. The molecule has 0 radical (unpaired) electrons. The Morgan fingerprint density at radius 1 is 0.443 bits per heavy atom. The highest BCUT2D eigenvalue weighted by atomic mass is 16.7. The van der Waals surface area contributed by atoms with Crippen molar-refractivity contribution in [2.24, 2.45) is 0 Å². The number of allylic oxidation sites excluding steroid dienone is 17. The predicted octanol–water partition coefficient (Wildman–Crippen LogP) is 16.2. The van der Waals surface area contributed by atoms with Crippen LogP contribution >= 0.6 is 0 Å². The van der Waals surface area contributed by atoms with Crippen molar-refractivity contribution < 1.29 is 58.2 Å². The fraction of sp³-hybridized carbons (Fsp3) is 0.672. The minimum absolute atomic E-state index is 0.131. The molecule has 1 aliphatic heterocycles. The Morgan fingerprint density at radius 2 is 0.835 bits per heavy atom. The van der Waals surface area contributed by atoms with Gasteiger partial charge in [0.25, 0.3) is 0 Å². The molecule has 1 aliphatic rings. The first-order valence-electron chi connectivity index (χ1n) is 30.9.